The van der Waals surface area contributed by atoms with Crippen molar-refractivity contribution in [3.8, 4) is 5.75 Å². The molecule has 10 heteroatoms. The van der Waals surface area contributed by atoms with E-state index >= 15 is 0 Å². The Morgan fingerprint density at radius 3 is 2.27 bits per heavy atom. The fourth-order valence-electron chi connectivity index (χ4n) is 3.18. The van der Waals surface area contributed by atoms with Crippen LogP contribution in [0.4, 0.5) is 5.69 Å². The Morgan fingerprint density at radius 2 is 1.73 bits per heavy atom. The highest BCUT2D eigenvalue weighted by Crippen LogP contribution is 2.22. The maximum Gasteiger partial charge on any atom is 0.244 e. The molecular formula is C23H30ClN3O5S. The average Bonchev–Trinajstić information content (AvgIpc) is 2.74. The quantitative estimate of drug-likeness (QED) is 0.546. The minimum Gasteiger partial charge on any atom is -0.497 e. The summed E-state index contributed by atoms with van der Waals surface area (Å²) < 4.78 is 31.2. The fraction of sp³-hybridized carbons (Fsp3) is 0.391. The SMILES string of the molecule is COc1cccc(CN(C(=O)CN(c2ccc(Cl)cc2)S(C)(=O)=O)[C@@H](C)C(=O)NC(C)C)c1. The highest BCUT2D eigenvalue weighted by Gasteiger charge is 2.30. The van der Waals surface area contributed by atoms with Crippen molar-refractivity contribution in [1.29, 1.82) is 0 Å². The van der Waals surface area contributed by atoms with Crippen molar-refractivity contribution >= 4 is 39.1 Å². The molecular weight excluding hydrogens is 466 g/mol. The number of carbonyl (C=O) groups excluding carboxylic acids is 2. The number of anilines is 1. The third kappa shape index (κ3) is 7.64. The molecule has 0 heterocycles. The first-order chi connectivity index (χ1) is 15.4. The summed E-state index contributed by atoms with van der Waals surface area (Å²) in [7, 11) is -2.25. The molecule has 180 valence electrons. The zero-order valence-electron chi connectivity index (χ0n) is 19.4. The normalized spacial score (nSPS) is 12.2. The Hall–Kier alpha value is -2.78. The standard InChI is InChI=1S/C23H30ClN3O5S/c1-16(2)25-23(29)17(3)26(14-18-7-6-8-21(13-18)32-4)22(28)15-27(33(5,30)31)20-11-9-19(24)10-12-20/h6-13,16-17H,14-15H2,1-5H3,(H,25,29)/t17-/m0/s1. The molecule has 0 fully saturated rings. The number of nitrogens with one attached hydrogen (secondary N) is 1. The number of hydrogen-bond acceptors (Lipinski definition) is 5. The summed E-state index contributed by atoms with van der Waals surface area (Å²) in [5.74, 6) is -0.249. The molecule has 2 rings (SSSR count). The predicted molar refractivity (Wildman–Crippen MR) is 130 cm³/mol. The van der Waals surface area contributed by atoms with Gasteiger partial charge in [-0.1, -0.05) is 23.7 Å². The Labute approximate surface area is 200 Å². The van der Waals surface area contributed by atoms with E-state index in [-0.39, 0.29) is 18.5 Å². The molecule has 0 aliphatic heterocycles. The van der Waals surface area contributed by atoms with Gasteiger partial charge in [-0.15, -0.1) is 0 Å². The molecule has 0 aliphatic carbocycles. The van der Waals surface area contributed by atoms with Crippen LogP contribution in [0.15, 0.2) is 48.5 Å². The molecule has 0 aliphatic rings. The van der Waals surface area contributed by atoms with E-state index in [0.717, 1.165) is 16.1 Å². The number of sulfonamides is 1. The number of ether oxygens (including phenoxy) is 1. The van der Waals surface area contributed by atoms with Crippen LogP contribution in [0.2, 0.25) is 5.02 Å². The van der Waals surface area contributed by atoms with E-state index in [1.54, 1.807) is 37.3 Å². The molecule has 0 aromatic heterocycles. The van der Waals surface area contributed by atoms with Crippen LogP contribution in [0.25, 0.3) is 0 Å². The number of methoxy groups -OCH3 is 1. The molecule has 0 unspecified atom stereocenters. The predicted octanol–water partition coefficient (Wildman–Crippen LogP) is 3.06. The van der Waals surface area contributed by atoms with Gasteiger partial charge in [0.1, 0.15) is 18.3 Å². The third-order valence-corrected chi connectivity index (χ3v) is 6.27. The summed E-state index contributed by atoms with van der Waals surface area (Å²) in [6.07, 6.45) is 1.02. The van der Waals surface area contributed by atoms with Gasteiger partial charge in [0.15, 0.2) is 0 Å². The van der Waals surface area contributed by atoms with E-state index in [1.807, 2.05) is 19.9 Å². The monoisotopic (exact) mass is 495 g/mol. The van der Waals surface area contributed by atoms with Gasteiger partial charge < -0.3 is 15.0 Å². The average molecular weight is 496 g/mol. The molecule has 0 bridgehead atoms. The van der Waals surface area contributed by atoms with Crippen LogP contribution in [-0.4, -0.2) is 57.1 Å². The molecule has 1 N–H and O–H groups in total. The van der Waals surface area contributed by atoms with Crippen molar-refractivity contribution in [2.45, 2.75) is 39.4 Å². The summed E-state index contributed by atoms with van der Waals surface area (Å²) in [5.41, 5.74) is 1.04. The molecule has 2 amide bonds. The number of hydrogen-bond donors (Lipinski definition) is 1. The largest absolute Gasteiger partial charge is 0.497 e. The van der Waals surface area contributed by atoms with Gasteiger partial charge in [0, 0.05) is 17.6 Å². The van der Waals surface area contributed by atoms with Gasteiger partial charge in [-0.3, -0.25) is 13.9 Å². The van der Waals surface area contributed by atoms with Crippen molar-refractivity contribution in [1.82, 2.24) is 10.2 Å². The lowest BCUT2D eigenvalue weighted by molar-refractivity contribution is -0.139. The first-order valence-corrected chi connectivity index (χ1v) is 12.6. The van der Waals surface area contributed by atoms with Crippen molar-refractivity contribution < 1.29 is 22.7 Å². The molecule has 8 nitrogen and oxygen atoms in total. The van der Waals surface area contributed by atoms with Gasteiger partial charge >= 0.3 is 0 Å². The summed E-state index contributed by atoms with van der Waals surface area (Å²) in [6, 6.07) is 12.3. The number of benzene rings is 2. The Morgan fingerprint density at radius 1 is 1.09 bits per heavy atom. The summed E-state index contributed by atoms with van der Waals surface area (Å²) in [4.78, 5) is 27.5. The molecule has 0 radical (unpaired) electrons. The Bertz CT molecular complexity index is 1070. The van der Waals surface area contributed by atoms with Crippen LogP contribution < -0.4 is 14.4 Å². The molecule has 2 aromatic carbocycles. The lowest BCUT2D eigenvalue weighted by Crippen LogP contribution is -2.52. The number of nitrogens with zero attached hydrogens (tertiary/aromatic N) is 2. The van der Waals surface area contributed by atoms with Crippen molar-refractivity contribution in [2.24, 2.45) is 0 Å². The highest BCUT2D eigenvalue weighted by molar-refractivity contribution is 7.92. The Balaban J connectivity index is 2.39. The van der Waals surface area contributed by atoms with E-state index in [9.17, 15) is 18.0 Å². The number of amides is 2. The van der Waals surface area contributed by atoms with Gasteiger partial charge in [-0.25, -0.2) is 8.42 Å². The van der Waals surface area contributed by atoms with Gasteiger partial charge in [-0.05, 0) is 62.7 Å². The van der Waals surface area contributed by atoms with Crippen molar-refractivity contribution in [3.05, 3.63) is 59.1 Å². The van der Waals surface area contributed by atoms with E-state index in [0.29, 0.717) is 16.5 Å². The summed E-state index contributed by atoms with van der Waals surface area (Å²) >= 11 is 5.92. The second kappa shape index (κ2) is 11.4. The molecule has 1 atom stereocenters. The minimum atomic E-state index is -3.79. The zero-order chi connectivity index (χ0) is 24.8. The fourth-order valence-corrected chi connectivity index (χ4v) is 4.15. The van der Waals surface area contributed by atoms with Crippen LogP contribution in [-0.2, 0) is 26.2 Å². The second-order valence-electron chi connectivity index (χ2n) is 7.96. The topological polar surface area (TPSA) is 96.0 Å². The van der Waals surface area contributed by atoms with E-state index < -0.39 is 28.5 Å². The molecule has 2 aromatic rings. The lowest BCUT2D eigenvalue weighted by atomic mass is 10.1. The van der Waals surface area contributed by atoms with Gasteiger partial charge in [0.05, 0.1) is 19.1 Å². The molecule has 0 spiro atoms. The highest BCUT2D eigenvalue weighted by atomic mass is 35.5. The first-order valence-electron chi connectivity index (χ1n) is 10.4. The maximum absolute atomic E-state index is 13.4. The van der Waals surface area contributed by atoms with E-state index in [2.05, 4.69) is 5.32 Å². The smallest absolute Gasteiger partial charge is 0.244 e. The van der Waals surface area contributed by atoms with Crippen LogP contribution in [0.3, 0.4) is 0 Å². The van der Waals surface area contributed by atoms with Crippen molar-refractivity contribution in [2.75, 3.05) is 24.2 Å². The van der Waals surface area contributed by atoms with Gasteiger partial charge in [0.2, 0.25) is 21.8 Å². The van der Waals surface area contributed by atoms with Crippen LogP contribution >= 0.6 is 11.6 Å². The Kier molecular flexibility index (Phi) is 9.13. The van der Waals surface area contributed by atoms with Gasteiger partial charge in [0.25, 0.3) is 0 Å². The number of carbonyl (C=O) groups is 2. The third-order valence-electron chi connectivity index (χ3n) is 4.88. The molecule has 33 heavy (non-hydrogen) atoms. The van der Waals surface area contributed by atoms with E-state index in [4.69, 9.17) is 16.3 Å². The second-order valence-corrected chi connectivity index (χ2v) is 10.3. The number of rotatable bonds is 10. The van der Waals surface area contributed by atoms with Crippen LogP contribution in [0.1, 0.15) is 26.3 Å². The van der Waals surface area contributed by atoms with Crippen LogP contribution in [0, 0.1) is 0 Å². The zero-order valence-corrected chi connectivity index (χ0v) is 21.0. The van der Waals surface area contributed by atoms with E-state index in [1.165, 1.54) is 24.1 Å². The van der Waals surface area contributed by atoms with Crippen LogP contribution in [0.5, 0.6) is 5.75 Å². The first kappa shape index (κ1) is 26.5. The minimum absolute atomic E-state index is 0.0981. The lowest BCUT2D eigenvalue weighted by Gasteiger charge is -2.32. The maximum atomic E-state index is 13.4. The summed E-state index contributed by atoms with van der Waals surface area (Å²) in [6.45, 7) is 4.89. The molecule has 0 saturated carbocycles. The molecule has 0 saturated heterocycles. The number of halogens is 1. The van der Waals surface area contributed by atoms with Crippen molar-refractivity contribution in [3.63, 3.8) is 0 Å². The van der Waals surface area contributed by atoms with Gasteiger partial charge in [-0.2, -0.15) is 0 Å². The summed E-state index contributed by atoms with van der Waals surface area (Å²) in [5, 5.41) is 3.25.